The maximum Gasteiger partial charge on any atom is 0.0455 e. The first kappa shape index (κ1) is 18.4. The summed E-state index contributed by atoms with van der Waals surface area (Å²) in [6.07, 6.45) is 1.16. The number of hydrogen-bond acceptors (Lipinski definition) is 3. The number of hydrogen-bond donors (Lipinski definition) is 2. The number of alkyl halides is 1. The van der Waals surface area contributed by atoms with Crippen LogP contribution in [0, 0.1) is 6.92 Å². The van der Waals surface area contributed by atoms with Crippen molar-refractivity contribution in [2.45, 2.75) is 36.0 Å². The highest BCUT2D eigenvalue weighted by molar-refractivity contribution is 9.09. The molecule has 0 aromatic heterocycles. The summed E-state index contributed by atoms with van der Waals surface area (Å²) in [5, 5.41) is 4.44. The van der Waals surface area contributed by atoms with E-state index in [1.807, 2.05) is 18.2 Å². The zero-order valence-corrected chi connectivity index (χ0v) is 16.2. The molecule has 4 heteroatoms. The highest BCUT2D eigenvalue weighted by atomic mass is 79.9. The average Bonchev–Trinajstić information content (AvgIpc) is 2.55. The summed E-state index contributed by atoms with van der Waals surface area (Å²) in [4.78, 5) is 2.40. The molecule has 0 saturated carbocycles. The highest BCUT2D eigenvalue weighted by Crippen LogP contribution is 2.35. The third-order valence-electron chi connectivity index (χ3n) is 3.93. The normalized spacial score (nSPS) is 12.3. The number of aryl methyl sites for hydroxylation is 1. The van der Waals surface area contributed by atoms with Crippen molar-refractivity contribution in [2.75, 3.05) is 24.2 Å². The number of halogens is 1. The zero-order valence-electron chi connectivity index (χ0n) is 13.8. The van der Waals surface area contributed by atoms with E-state index in [1.165, 1.54) is 16.0 Å². The summed E-state index contributed by atoms with van der Waals surface area (Å²) < 4.78 is 0. The number of nitrogens with two attached hydrogens (primary N) is 1. The molecule has 2 aromatic carbocycles. The Hall–Kier alpha value is -0.970. The molecule has 0 saturated heterocycles. The van der Waals surface area contributed by atoms with E-state index in [0.29, 0.717) is 5.92 Å². The maximum atomic E-state index is 6.04. The summed E-state index contributed by atoms with van der Waals surface area (Å²) in [7, 11) is 0. The molecule has 3 N–H and O–H groups in total. The van der Waals surface area contributed by atoms with Crippen LogP contribution in [0.25, 0.3) is 0 Å². The van der Waals surface area contributed by atoms with Gasteiger partial charge in [-0.15, -0.1) is 0 Å². The first-order chi connectivity index (χ1) is 11.1. The van der Waals surface area contributed by atoms with Gasteiger partial charge in [0.1, 0.15) is 0 Å². The molecule has 0 aliphatic rings. The first-order valence-electron chi connectivity index (χ1n) is 8.01. The lowest BCUT2D eigenvalue weighted by Gasteiger charge is -2.15. The van der Waals surface area contributed by atoms with Gasteiger partial charge in [0.25, 0.3) is 0 Å². The van der Waals surface area contributed by atoms with Crippen molar-refractivity contribution in [3.05, 3.63) is 53.6 Å². The predicted octanol–water partition coefficient (Wildman–Crippen LogP) is 5.21. The van der Waals surface area contributed by atoms with Gasteiger partial charge >= 0.3 is 0 Å². The molecule has 124 valence electrons. The molecular formula is C19H25BrN2S. The molecule has 1 unspecified atom stereocenters. The van der Waals surface area contributed by atoms with E-state index in [1.54, 1.807) is 11.8 Å². The fourth-order valence-electron chi connectivity index (χ4n) is 2.46. The second kappa shape index (κ2) is 9.36. The standard InChI is InChI=1S/C19H25BrN2S/c1-14(9-11-22-12-10-20)16-7-8-18(15(2)13-16)23-19-6-4-3-5-17(19)21/h3-8,13-14,22H,9-12,21H2,1-2H3. The van der Waals surface area contributed by atoms with Crippen LogP contribution >= 0.6 is 27.7 Å². The third-order valence-corrected chi connectivity index (χ3v) is 5.60. The first-order valence-corrected chi connectivity index (χ1v) is 9.95. The second-order valence-electron chi connectivity index (χ2n) is 5.79. The lowest BCUT2D eigenvalue weighted by Crippen LogP contribution is -2.19. The number of anilines is 1. The summed E-state index contributed by atoms with van der Waals surface area (Å²) in [5.41, 5.74) is 9.61. The van der Waals surface area contributed by atoms with E-state index in [-0.39, 0.29) is 0 Å². The van der Waals surface area contributed by atoms with Crippen molar-refractivity contribution in [1.82, 2.24) is 5.32 Å². The number of nitrogens with one attached hydrogen (secondary N) is 1. The van der Waals surface area contributed by atoms with E-state index in [4.69, 9.17) is 5.73 Å². The molecule has 0 bridgehead atoms. The third kappa shape index (κ3) is 5.55. The van der Waals surface area contributed by atoms with E-state index >= 15 is 0 Å². The Balaban J connectivity index is 2.01. The number of rotatable bonds is 8. The molecule has 0 fully saturated rings. The number of nitrogen functional groups attached to an aromatic ring is 1. The monoisotopic (exact) mass is 392 g/mol. The van der Waals surface area contributed by atoms with E-state index in [2.05, 4.69) is 59.4 Å². The molecule has 2 rings (SSSR count). The molecule has 0 amide bonds. The number of para-hydroxylation sites is 1. The van der Waals surface area contributed by atoms with Crippen LogP contribution in [0.5, 0.6) is 0 Å². The van der Waals surface area contributed by atoms with E-state index in [0.717, 1.165) is 35.4 Å². The van der Waals surface area contributed by atoms with Crippen LogP contribution in [0.2, 0.25) is 0 Å². The Morgan fingerprint density at radius 1 is 1.13 bits per heavy atom. The van der Waals surface area contributed by atoms with Gasteiger partial charge < -0.3 is 11.1 Å². The van der Waals surface area contributed by atoms with Crippen LogP contribution in [0.15, 0.2) is 52.3 Å². The lowest BCUT2D eigenvalue weighted by molar-refractivity contribution is 0.610. The van der Waals surface area contributed by atoms with Crippen molar-refractivity contribution >= 4 is 33.4 Å². The molecule has 0 heterocycles. The van der Waals surface area contributed by atoms with Crippen molar-refractivity contribution in [3.8, 4) is 0 Å². The molecule has 2 nitrogen and oxygen atoms in total. The fraction of sp³-hybridized carbons (Fsp3) is 0.368. The van der Waals surface area contributed by atoms with Crippen LogP contribution in [0.3, 0.4) is 0 Å². The van der Waals surface area contributed by atoms with Gasteiger partial charge in [-0.1, -0.05) is 58.9 Å². The summed E-state index contributed by atoms with van der Waals surface area (Å²) >= 11 is 5.18. The average molecular weight is 393 g/mol. The predicted molar refractivity (Wildman–Crippen MR) is 106 cm³/mol. The van der Waals surface area contributed by atoms with Gasteiger partial charge in [-0.3, -0.25) is 0 Å². The summed E-state index contributed by atoms with van der Waals surface area (Å²) in [5.74, 6) is 0.567. The van der Waals surface area contributed by atoms with Crippen LogP contribution in [-0.2, 0) is 0 Å². The van der Waals surface area contributed by atoms with Gasteiger partial charge in [0, 0.05) is 27.4 Å². The molecule has 2 aromatic rings. The van der Waals surface area contributed by atoms with E-state index in [9.17, 15) is 0 Å². The highest BCUT2D eigenvalue weighted by Gasteiger charge is 2.09. The number of benzene rings is 2. The molecule has 1 atom stereocenters. The summed E-state index contributed by atoms with van der Waals surface area (Å²) in [6, 6.07) is 14.8. The Morgan fingerprint density at radius 3 is 2.61 bits per heavy atom. The smallest absolute Gasteiger partial charge is 0.0455 e. The maximum absolute atomic E-state index is 6.04. The van der Waals surface area contributed by atoms with Gasteiger partial charge in [0.05, 0.1) is 0 Å². The molecule has 0 aliphatic carbocycles. The molecule has 23 heavy (non-hydrogen) atoms. The Morgan fingerprint density at radius 2 is 1.91 bits per heavy atom. The molecule has 0 radical (unpaired) electrons. The van der Waals surface area contributed by atoms with Crippen molar-refractivity contribution in [2.24, 2.45) is 0 Å². The molecule has 0 aliphatic heterocycles. The second-order valence-corrected chi connectivity index (χ2v) is 7.67. The van der Waals surface area contributed by atoms with Gasteiger partial charge in [-0.25, -0.2) is 0 Å². The lowest BCUT2D eigenvalue weighted by atomic mass is 9.96. The quantitative estimate of drug-likeness (QED) is 0.368. The Labute approximate surface area is 152 Å². The fourth-order valence-corrected chi connectivity index (χ4v) is 3.67. The van der Waals surface area contributed by atoms with Crippen LogP contribution in [0.1, 0.15) is 30.4 Å². The van der Waals surface area contributed by atoms with Gasteiger partial charge in [0.15, 0.2) is 0 Å². The summed E-state index contributed by atoms with van der Waals surface area (Å²) in [6.45, 7) is 6.57. The zero-order chi connectivity index (χ0) is 16.7. The van der Waals surface area contributed by atoms with Gasteiger partial charge in [0.2, 0.25) is 0 Å². The largest absolute Gasteiger partial charge is 0.398 e. The Bertz CT molecular complexity index is 631. The minimum atomic E-state index is 0.567. The van der Waals surface area contributed by atoms with Gasteiger partial charge in [-0.05, 0) is 55.1 Å². The van der Waals surface area contributed by atoms with Crippen molar-refractivity contribution in [1.29, 1.82) is 0 Å². The molecular weight excluding hydrogens is 368 g/mol. The topological polar surface area (TPSA) is 38.0 Å². The Kier molecular flexibility index (Phi) is 7.47. The minimum Gasteiger partial charge on any atom is -0.398 e. The SMILES string of the molecule is Cc1cc(C(C)CCNCCBr)ccc1Sc1ccccc1N. The van der Waals surface area contributed by atoms with Crippen molar-refractivity contribution in [3.63, 3.8) is 0 Å². The van der Waals surface area contributed by atoms with Crippen LogP contribution < -0.4 is 11.1 Å². The van der Waals surface area contributed by atoms with Crippen molar-refractivity contribution < 1.29 is 0 Å². The van der Waals surface area contributed by atoms with Crippen LogP contribution in [0.4, 0.5) is 5.69 Å². The van der Waals surface area contributed by atoms with E-state index < -0.39 is 0 Å². The minimum absolute atomic E-state index is 0.567. The van der Waals surface area contributed by atoms with Crippen LogP contribution in [-0.4, -0.2) is 18.4 Å². The molecule has 0 spiro atoms. The van der Waals surface area contributed by atoms with Gasteiger partial charge in [-0.2, -0.15) is 0 Å².